The quantitative estimate of drug-likeness (QED) is 0.759. The second-order valence-electron chi connectivity index (χ2n) is 3.48. The van der Waals surface area contributed by atoms with Crippen molar-refractivity contribution in [1.29, 1.82) is 0 Å². The van der Waals surface area contributed by atoms with Crippen molar-refractivity contribution in [2.24, 2.45) is 0 Å². The number of nitrogens with one attached hydrogen (secondary N) is 1. The van der Waals surface area contributed by atoms with Gasteiger partial charge in [-0.25, -0.2) is 9.97 Å². The molecule has 0 spiro atoms. The van der Waals surface area contributed by atoms with Crippen LogP contribution in [-0.4, -0.2) is 43.3 Å². The highest BCUT2D eigenvalue weighted by Gasteiger charge is 2.13. The van der Waals surface area contributed by atoms with Gasteiger partial charge in [0.2, 0.25) is 5.95 Å². The molecule has 1 saturated heterocycles. The van der Waals surface area contributed by atoms with Crippen LogP contribution in [-0.2, 0) is 11.3 Å². The van der Waals surface area contributed by atoms with Crippen LogP contribution in [0.4, 0.5) is 5.95 Å². The molecule has 1 aliphatic heterocycles. The highest BCUT2D eigenvalue weighted by atomic mass is 16.5. The summed E-state index contributed by atoms with van der Waals surface area (Å²) in [6.07, 6.45) is 1.81. The van der Waals surface area contributed by atoms with E-state index in [0.29, 0.717) is 0 Å². The van der Waals surface area contributed by atoms with Gasteiger partial charge in [0.05, 0.1) is 18.9 Å². The van der Waals surface area contributed by atoms with E-state index >= 15 is 0 Å². The number of ether oxygens (including phenoxy) is 1. The Kier molecular flexibility index (Phi) is 3.47. The molecule has 5 heteroatoms. The fourth-order valence-electron chi connectivity index (χ4n) is 1.58. The summed E-state index contributed by atoms with van der Waals surface area (Å²) >= 11 is 0. The lowest BCUT2D eigenvalue weighted by molar-refractivity contribution is 0.122. The molecule has 1 aromatic heterocycles. The molecule has 1 N–H and O–H groups in total. The maximum absolute atomic E-state index is 5.29. The summed E-state index contributed by atoms with van der Waals surface area (Å²) in [4.78, 5) is 10.9. The van der Waals surface area contributed by atoms with Gasteiger partial charge in [0.1, 0.15) is 0 Å². The summed E-state index contributed by atoms with van der Waals surface area (Å²) in [6.45, 7) is 4.06. The Bertz CT molecular complexity index is 312. The Morgan fingerprint density at radius 2 is 2.27 bits per heavy atom. The Hall–Kier alpha value is -1.20. The van der Waals surface area contributed by atoms with E-state index in [0.717, 1.165) is 44.5 Å². The van der Waals surface area contributed by atoms with Gasteiger partial charge in [-0.1, -0.05) is 0 Å². The van der Waals surface area contributed by atoms with Gasteiger partial charge in [-0.3, -0.25) is 0 Å². The van der Waals surface area contributed by atoms with E-state index in [1.807, 2.05) is 19.3 Å². The van der Waals surface area contributed by atoms with Gasteiger partial charge in [-0.15, -0.1) is 0 Å². The lowest BCUT2D eigenvalue weighted by Crippen LogP contribution is -2.37. The van der Waals surface area contributed by atoms with E-state index in [-0.39, 0.29) is 0 Å². The highest BCUT2D eigenvalue weighted by molar-refractivity contribution is 5.30. The maximum Gasteiger partial charge on any atom is 0.225 e. The molecule has 1 aromatic rings. The second-order valence-corrected chi connectivity index (χ2v) is 3.48. The highest BCUT2D eigenvalue weighted by Crippen LogP contribution is 2.09. The summed E-state index contributed by atoms with van der Waals surface area (Å²) < 4.78 is 5.29. The molecule has 0 aromatic carbocycles. The first-order valence-corrected chi connectivity index (χ1v) is 5.19. The third-order valence-corrected chi connectivity index (χ3v) is 2.35. The van der Waals surface area contributed by atoms with Crippen LogP contribution in [0, 0.1) is 0 Å². The molecule has 5 nitrogen and oxygen atoms in total. The van der Waals surface area contributed by atoms with Crippen molar-refractivity contribution in [1.82, 2.24) is 15.3 Å². The van der Waals surface area contributed by atoms with Crippen molar-refractivity contribution < 1.29 is 4.74 Å². The molecule has 0 atom stereocenters. The zero-order chi connectivity index (χ0) is 10.5. The van der Waals surface area contributed by atoms with Crippen molar-refractivity contribution >= 4 is 5.95 Å². The van der Waals surface area contributed by atoms with E-state index in [1.165, 1.54) is 0 Å². The summed E-state index contributed by atoms with van der Waals surface area (Å²) in [6, 6.07) is 1.93. The third kappa shape index (κ3) is 2.64. The molecule has 82 valence electrons. The van der Waals surface area contributed by atoms with Crippen molar-refractivity contribution in [2.45, 2.75) is 6.54 Å². The fraction of sp³-hybridized carbons (Fsp3) is 0.600. The van der Waals surface area contributed by atoms with Crippen LogP contribution in [0.2, 0.25) is 0 Å². The SMILES string of the molecule is CNCc1ccnc(N2CCOCC2)n1. The Balaban J connectivity index is 2.09. The topological polar surface area (TPSA) is 50.3 Å². The van der Waals surface area contributed by atoms with E-state index in [1.54, 1.807) is 0 Å². The number of rotatable bonds is 3. The Morgan fingerprint density at radius 3 is 3.00 bits per heavy atom. The minimum absolute atomic E-state index is 0.764. The molecule has 0 amide bonds. The van der Waals surface area contributed by atoms with E-state index in [9.17, 15) is 0 Å². The number of hydrogen-bond donors (Lipinski definition) is 1. The number of aromatic nitrogens is 2. The van der Waals surface area contributed by atoms with Gasteiger partial charge in [0.15, 0.2) is 0 Å². The summed E-state index contributed by atoms with van der Waals surface area (Å²) in [7, 11) is 1.91. The fourth-order valence-corrected chi connectivity index (χ4v) is 1.58. The molecular formula is C10H16N4O. The van der Waals surface area contributed by atoms with Crippen LogP contribution in [0.3, 0.4) is 0 Å². The van der Waals surface area contributed by atoms with Gasteiger partial charge in [-0.05, 0) is 13.1 Å². The maximum atomic E-state index is 5.29. The number of nitrogens with zero attached hydrogens (tertiary/aromatic N) is 3. The van der Waals surface area contributed by atoms with E-state index < -0.39 is 0 Å². The summed E-state index contributed by atoms with van der Waals surface area (Å²) in [5.41, 5.74) is 1.02. The first-order valence-electron chi connectivity index (χ1n) is 5.19. The van der Waals surface area contributed by atoms with Crippen LogP contribution in [0.25, 0.3) is 0 Å². The smallest absolute Gasteiger partial charge is 0.225 e. The first kappa shape index (κ1) is 10.3. The average Bonchev–Trinajstić information content (AvgIpc) is 2.31. The molecule has 0 saturated carbocycles. The molecule has 2 heterocycles. The van der Waals surface area contributed by atoms with Crippen LogP contribution >= 0.6 is 0 Å². The standard InChI is InChI=1S/C10H16N4O/c1-11-8-9-2-3-12-10(13-9)14-4-6-15-7-5-14/h2-3,11H,4-8H2,1H3. The van der Waals surface area contributed by atoms with Gasteiger partial charge >= 0.3 is 0 Å². The van der Waals surface area contributed by atoms with Crippen LogP contribution < -0.4 is 10.2 Å². The predicted molar refractivity (Wildman–Crippen MR) is 57.8 cm³/mol. The van der Waals surface area contributed by atoms with Gasteiger partial charge in [-0.2, -0.15) is 0 Å². The van der Waals surface area contributed by atoms with Gasteiger partial charge in [0.25, 0.3) is 0 Å². The minimum atomic E-state index is 0.764. The number of hydrogen-bond acceptors (Lipinski definition) is 5. The van der Waals surface area contributed by atoms with Crippen LogP contribution in [0.15, 0.2) is 12.3 Å². The lowest BCUT2D eigenvalue weighted by atomic mass is 10.4. The minimum Gasteiger partial charge on any atom is -0.378 e. The summed E-state index contributed by atoms with van der Waals surface area (Å²) in [5, 5.41) is 3.08. The normalized spacial score (nSPS) is 16.7. The Morgan fingerprint density at radius 1 is 1.47 bits per heavy atom. The predicted octanol–water partition coefficient (Wildman–Crippen LogP) is 0.0326. The van der Waals surface area contributed by atoms with Crippen LogP contribution in [0.5, 0.6) is 0 Å². The number of anilines is 1. The average molecular weight is 208 g/mol. The monoisotopic (exact) mass is 208 g/mol. The molecule has 0 unspecified atom stereocenters. The van der Waals surface area contributed by atoms with Gasteiger partial charge in [0, 0.05) is 25.8 Å². The molecule has 2 rings (SSSR count). The molecule has 0 aliphatic carbocycles. The third-order valence-electron chi connectivity index (χ3n) is 2.35. The van der Waals surface area contributed by atoms with Crippen molar-refractivity contribution in [3.05, 3.63) is 18.0 Å². The van der Waals surface area contributed by atoms with Crippen molar-refractivity contribution in [2.75, 3.05) is 38.3 Å². The van der Waals surface area contributed by atoms with E-state index in [4.69, 9.17) is 4.74 Å². The van der Waals surface area contributed by atoms with Crippen molar-refractivity contribution in [3.63, 3.8) is 0 Å². The molecule has 0 radical (unpaired) electrons. The zero-order valence-corrected chi connectivity index (χ0v) is 8.94. The molecule has 1 aliphatic rings. The van der Waals surface area contributed by atoms with E-state index in [2.05, 4.69) is 20.2 Å². The van der Waals surface area contributed by atoms with Crippen LogP contribution in [0.1, 0.15) is 5.69 Å². The molecule has 0 bridgehead atoms. The Labute approximate surface area is 89.5 Å². The number of morpholine rings is 1. The van der Waals surface area contributed by atoms with Gasteiger partial charge < -0.3 is 15.0 Å². The zero-order valence-electron chi connectivity index (χ0n) is 8.94. The lowest BCUT2D eigenvalue weighted by Gasteiger charge is -2.26. The first-order chi connectivity index (χ1) is 7.40. The second kappa shape index (κ2) is 5.04. The molecular weight excluding hydrogens is 192 g/mol. The summed E-state index contributed by atoms with van der Waals surface area (Å²) in [5.74, 6) is 0.811. The molecule has 15 heavy (non-hydrogen) atoms. The molecule has 1 fully saturated rings. The van der Waals surface area contributed by atoms with Crippen molar-refractivity contribution in [3.8, 4) is 0 Å². The largest absolute Gasteiger partial charge is 0.378 e.